The minimum absolute atomic E-state index is 0.175. The van der Waals surface area contributed by atoms with Gasteiger partial charge in [-0.25, -0.2) is 4.98 Å². The number of rotatable bonds is 6. The van der Waals surface area contributed by atoms with Crippen LogP contribution in [0.5, 0.6) is 5.75 Å². The first-order valence-electron chi connectivity index (χ1n) is 10.7. The number of hydrogen-bond donors (Lipinski definition) is 1. The lowest BCUT2D eigenvalue weighted by Crippen LogP contribution is -2.10. The Morgan fingerprint density at radius 3 is 2.68 bits per heavy atom. The molecule has 7 heteroatoms. The number of carbonyl (C=O) groups is 1. The van der Waals surface area contributed by atoms with Crippen LogP contribution in [0, 0.1) is 13.8 Å². The lowest BCUT2D eigenvalue weighted by Gasteiger charge is -2.09. The molecule has 0 aliphatic heterocycles. The molecule has 34 heavy (non-hydrogen) atoms. The van der Waals surface area contributed by atoms with E-state index in [0.29, 0.717) is 22.2 Å². The van der Waals surface area contributed by atoms with Crippen LogP contribution in [0.25, 0.3) is 20.8 Å². The van der Waals surface area contributed by atoms with Gasteiger partial charge in [0.2, 0.25) is 0 Å². The monoisotopic (exact) mass is 488 g/mol. The van der Waals surface area contributed by atoms with Crippen molar-refractivity contribution in [2.24, 2.45) is 0 Å². The van der Waals surface area contributed by atoms with Gasteiger partial charge < -0.3 is 14.5 Å². The van der Waals surface area contributed by atoms with Crippen LogP contribution in [-0.2, 0) is 6.61 Å². The van der Waals surface area contributed by atoms with Gasteiger partial charge in [-0.05, 0) is 79.6 Å². The Bertz CT molecular complexity index is 1470. The van der Waals surface area contributed by atoms with Crippen molar-refractivity contribution in [3.63, 3.8) is 0 Å². The molecule has 5 nitrogen and oxygen atoms in total. The summed E-state index contributed by atoms with van der Waals surface area (Å²) in [6, 6.07) is 22.8. The smallest absolute Gasteiger partial charge is 0.291 e. The van der Waals surface area contributed by atoms with Crippen LogP contribution in [0.15, 0.2) is 77.2 Å². The molecule has 170 valence electrons. The molecule has 0 fully saturated rings. The highest BCUT2D eigenvalue weighted by molar-refractivity contribution is 7.21. The first-order valence-corrected chi connectivity index (χ1v) is 11.9. The summed E-state index contributed by atoms with van der Waals surface area (Å²) in [6.07, 6.45) is 0. The van der Waals surface area contributed by atoms with E-state index >= 15 is 0 Å². The molecule has 3 aromatic carbocycles. The van der Waals surface area contributed by atoms with Crippen LogP contribution >= 0.6 is 22.9 Å². The summed E-state index contributed by atoms with van der Waals surface area (Å²) in [5.74, 6) is 1.02. The maximum Gasteiger partial charge on any atom is 0.291 e. The van der Waals surface area contributed by atoms with Gasteiger partial charge in [0, 0.05) is 11.3 Å². The highest BCUT2D eigenvalue weighted by atomic mass is 35.5. The van der Waals surface area contributed by atoms with Gasteiger partial charge in [-0.3, -0.25) is 4.79 Å². The first-order chi connectivity index (χ1) is 16.5. The molecular weight excluding hydrogens is 468 g/mol. The number of amides is 1. The van der Waals surface area contributed by atoms with Crippen molar-refractivity contribution in [1.82, 2.24) is 4.98 Å². The number of thiazole rings is 1. The second kappa shape index (κ2) is 9.33. The van der Waals surface area contributed by atoms with Crippen LogP contribution in [0.1, 0.15) is 27.4 Å². The number of para-hydroxylation sites is 1. The highest BCUT2D eigenvalue weighted by Crippen LogP contribution is 2.32. The van der Waals surface area contributed by atoms with Gasteiger partial charge in [-0.2, -0.15) is 0 Å². The molecule has 1 N–H and O–H groups in total. The molecule has 0 radical (unpaired) electrons. The predicted molar refractivity (Wildman–Crippen MR) is 137 cm³/mol. The summed E-state index contributed by atoms with van der Waals surface area (Å²) < 4.78 is 12.6. The topological polar surface area (TPSA) is 64.4 Å². The van der Waals surface area contributed by atoms with Crippen LogP contribution in [0.4, 0.5) is 5.69 Å². The highest BCUT2D eigenvalue weighted by Gasteiger charge is 2.14. The number of aromatic nitrogens is 1. The fourth-order valence-corrected chi connectivity index (χ4v) is 4.91. The molecule has 1 amide bonds. The number of anilines is 1. The van der Waals surface area contributed by atoms with E-state index in [1.165, 1.54) is 5.56 Å². The second-order valence-electron chi connectivity index (χ2n) is 7.96. The first kappa shape index (κ1) is 22.2. The van der Waals surface area contributed by atoms with Crippen molar-refractivity contribution in [2.45, 2.75) is 20.5 Å². The van der Waals surface area contributed by atoms with Gasteiger partial charge in [0.05, 0.1) is 15.2 Å². The fourth-order valence-electron chi connectivity index (χ4n) is 3.56. The molecule has 0 aliphatic rings. The van der Waals surface area contributed by atoms with E-state index in [1.807, 2.05) is 49.4 Å². The lowest BCUT2D eigenvalue weighted by molar-refractivity contribution is 0.0992. The number of ether oxygens (including phenoxy) is 1. The van der Waals surface area contributed by atoms with Crippen molar-refractivity contribution >= 4 is 44.7 Å². The van der Waals surface area contributed by atoms with Gasteiger partial charge in [-0.1, -0.05) is 29.8 Å². The minimum atomic E-state index is -0.330. The molecule has 2 heterocycles. The van der Waals surface area contributed by atoms with E-state index in [2.05, 4.69) is 24.4 Å². The number of halogens is 1. The molecule has 2 aromatic heterocycles. The molecule has 0 saturated carbocycles. The van der Waals surface area contributed by atoms with Crippen LogP contribution in [-0.4, -0.2) is 10.9 Å². The summed E-state index contributed by atoms with van der Waals surface area (Å²) in [5.41, 5.74) is 4.81. The number of benzene rings is 3. The molecule has 5 rings (SSSR count). The average Bonchev–Trinajstić information content (AvgIpc) is 3.46. The maximum absolute atomic E-state index is 12.6. The van der Waals surface area contributed by atoms with Gasteiger partial charge >= 0.3 is 0 Å². The van der Waals surface area contributed by atoms with Gasteiger partial charge in [0.1, 0.15) is 23.1 Å². The van der Waals surface area contributed by atoms with E-state index in [-0.39, 0.29) is 18.3 Å². The predicted octanol–water partition coefficient (Wildman–Crippen LogP) is 7.66. The summed E-state index contributed by atoms with van der Waals surface area (Å²) in [5, 5.41) is 4.35. The van der Waals surface area contributed by atoms with Crippen LogP contribution in [0.2, 0.25) is 5.02 Å². The van der Waals surface area contributed by atoms with Gasteiger partial charge in [0.25, 0.3) is 5.91 Å². The minimum Gasteiger partial charge on any atom is -0.484 e. The fraction of sp³-hybridized carbons (Fsp3) is 0.111. The number of nitrogens with one attached hydrogen (secondary N) is 1. The number of nitrogens with zero attached hydrogens (tertiary/aromatic N) is 1. The summed E-state index contributed by atoms with van der Waals surface area (Å²) in [6.45, 7) is 4.17. The van der Waals surface area contributed by atoms with E-state index in [9.17, 15) is 4.79 Å². The second-order valence-corrected chi connectivity index (χ2v) is 9.40. The Hall–Kier alpha value is -3.61. The molecule has 5 aromatic rings. The zero-order chi connectivity index (χ0) is 23.7. The van der Waals surface area contributed by atoms with E-state index in [4.69, 9.17) is 25.7 Å². The molecule has 0 aliphatic carbocycles. The number of furan rings is 1. The number of aryl methyl sites for hydroxylation is 2. The van der Waals surface area contributed by atoms with Crippen molar-refractivity contribution in [3.05, 3.63) is 100 Å². The summed E-state index contributed by atoms with van der Waals surface area (Å²) >= 11 is 7.85. The summed E-state index contributed by atoms with van der Waals surface area (Å²) in [4.78, 5) is 17.3. The molecule has 0 unspecified atom stereocenters. The number of fused-ring (bicyclic) bond motifs is 1. The SMILES string of the molecule is Cc1ccc2nc(-c3ccc(NC(=O)c4ccc(COc5c(C)cccc5Cl)o4)cc3)sc2c1. The summed E-state index contributed by atoms with van der Waals surface area (Å²) in [7, 11) is 0. The van der Waals surface area contributed by atoms with Crippen molar-refractivity contribution in [1.29, 1.82) is 0 Å². The Morgan fingerprint density at radius 1 is 1.06 bits per heavy atom. The Balaban J connectivity index is 1.23. The quantitative estimate of drug-likeness (QED) is 0.266. The number of carbonyl (C=O) groups excluding carboxylic acids is 1. The van der Waals surface area contributed by atoms with E-state index in [0.717, 1.165) is 26.4 Å². The largest absolute Gasteiger partial charge is 0.484 e. The number of hydrogen-bond acceptors (Lipinski definition) is 5. The lowest BCUT2D eigenvalue weighted by atomic mass is 10.2. The molecular formula is C27H21ClN2O3S. The van der Waals surface area contributed by atoms with E-state index < -0.39 is 0 Å². The van der Waals surface area contributed by atoms with Crippen molar-refractivity contribution in [2.75, 3.05) is 5.32 Å². The zero-order valence-electron chi connectivity index (χ0n) is 18.6. The molecule has 0 spiro atoms. The third kappa shape index (κ3) is 4.69. The normalized spacial score (nSPS) is 11.0. The third-order valence-electron chi connectivity index (χ3n) is 5.34. The Kier molecular flexibility index (Phi) is 6.09. The van der Waals surface area contributed by atoms with Crippen LogP contribution < -0.4 is 10.1 Å². The standard InChI is InChI=1S/C27H21ClN2O3S/c1-16-6-12-22-24(14-16)34-27(30-22)18-7-9-19(10-8-18)29-26(31)23-13-11-20(33-23)15-32-25-17(2)4-3-5-21(25)28/h3-14H,15H2,1-2H3,(H,29,31). The Labute approximate surface area is 206 Å². The molecule has 0 saturated heterocycles. The van der Waals surface area contributed by atoms with Gasteiger partial charge in [-0.15, -0.1) is 11.3 Å². The molecule has 0 atom stereocenters. The Morgan fingerprint density at radius 2 is 1.88 bits per heavy atom. The zero-order valence-corrected chi connectivity index (χ0v) is 20.2. The molecule has 0 bridgehead atoms. The van der Waals surface area contributed by atoms with E-state index in [1.54, 1.807) is 29.5 Å². The third-order valence-corrected chi connectivity index (χ3v) is 6.71. The maximum atomic E-state index is 12.6. The van der Waals surface area contributed by atoms with Crippen molar-refractivity contribution < 1.29 is 13.9 Å². The average molecular weight is 489 g/mol. The van der Waals surface area contributed by atoms with Crippen molar-refractivity contribution in [3.8, 4) is 16.3 Å². The van der Waals surface area contributed by atoms with Crippen LogP contribution in [0.3, 0.4) is 0 Å². The van der Waals surface area contributed by atoms with Gasteiger partial charge in [0.15, 0.2) is 5.76 Å².